The molecule has 2 rings (SSSR count). The predicted molar refractivity (Wildman–Crippen MR) is 75.9 cm³/mol. The fourth-order valence-corrected chi connectivity index (χ4v) is 2.31. The van der Waals surface area contributed by atoms with Gasteiger partial charge in [-0.25, -0.2) is 0 Å². The van der Waals surface area contributed by atoms with E-state index < -0.39 is 0 Å². The zero-order valence-corrected chi connectivity index (χ0v) is 11.5. The summed E-state index contributed by atoms with van der Waals surface area (Å²) in [6.07, 6.45) is 0. The third kappa shape index (κ3) is 2.70. The van der Waals surface area contributed by atoms with Crippen molar-refractivity contribution < 1.29 is 9.53 Å². The highest BCUT2D eigenvalue weighted by atomic mass is 16.5. The van der Waals surface area contributed by atoms with Gasteiger partial charge >= 0.3 is 0 Å². The van der Waals surface area contributed by atoms with E-state index in [0.717, 1.165) is 16.9 Å². The Balaban J connectivity index is 2.09. The van der Waals surface area contributed by atoms with Crippen LogP contribution in [0.15, 0.2) is 48.6 Å². The van der Waals surface area contributed by atoms with Crippen molar-refractivity contribution in [2.45, 2.75) is 13.5 Å². The monoisotopic (exact) mass is 257 g/mol. The molecule has 100 valence electrons. The minimum Gasteiger partial charge on any atom is -0.497 e. The van der Waals surface area contributed by atoms with Crippen molar-refractivity contribution in [3.05, 3.63) is 54.1 Å². The number of amides is 1. The Morgan fingerprint density at radius 3 is 2.53 bits per heavy atom. The van der Waals surface area contributed by atoms with Gasteiger partial charge in [0, 0.05) is 24.6 Å². The molecular formula is C16H19NO2. The highest BCUT2D eigenvalue weighted by Crippen LogP contribution is 2.29. The lowest BCUT2D eigenvalue weighted by Gasteiger charge is -2.16. The maximum Gasteiger partial charge on any atom is 0.250 e. The molecular weight excluding hydrogens is 238 g/mol. The lowest BCUT2D eigenvalue weighted by atomic mass is 9.97. The summed E-state index contributed by atoms with van der Waals surface area (Å²) in [4.78, 5) is 13.9. The van der Waals surface area contributed by atoms with Crippen LogP contribution in [-0.4, -0.2) is 24.5 Å². The number of hydrogen-bond donors (Lipinski definition) is 0. The minimum atomic E-state index is 0.0313. The first-order valence-corrected chi connectivity index (χ1v) is 6.29. The number of hydrogen-bond acceptors (Lipinski definition) is 2. The number of ether oxygens (including phenoxy) is 1. The van der Waals surface area contributed by atoms with Gasteiger partial charge in [0.05, 0.1) is 7.11 Å². The molecule has 1 aliphatic rings. The third-order valence-electron chi connectivity index (χ3n) is 3.51. The maximum atomic E-state index is 12.1. The third-order valence-corrected chi connectivity index (χ3v) is 3.51. The predicted octanol–water partition coefficient (Wildman–Crippen LogP) is 2.79. The molecule has 1 fully saturated rings. The molecule has 0 saturated carbocycles. The highest BCUT2D eigenvalue weighted by Gasteiger charge is 2.33. The summed E-state index contributed by atoms with van der Waals surface area (Å²) >= 11 is 0. The van der Waals surface area contributed by atoms with Crippen LogP contribution in [0.25, 0.3) is 0 Å². The first kappa shape index (κ1) is 13.4. The van der Waals surface area contributed by atoms with Gasteiger partial charge in [0.2, 0.25) is 5.91 Å². The Morgan fingerprint density at radius 1 is 1.42 bits per heavy atom. The van der Waals surface area contributed by atoms with E-state index in [4.69, 9.17) is 4.74 Å². The lowest BCUT2D eigenvalue weighted by molar-refractivity contribution is -0.125. The Kier molecular flexibility index (Phi) is 3.74. The van der Waals surface area contributed by atoms with Crippen LogP contribution in [0, 0.1) is 5.92 Å². The van der Waals surface area contributed by atoms with Crippen molar-refractivity contribution >= 4 is 5.91 Å². The molecule has 0 aliphatic carbocycles. The fraction of sp³-hybridized carbons (Fsp3) is 0.312. The second-order valence-electron chi connectivity index (χ2n) is 4.96. The molecule has 1 amide bonds. The molecule has 1 unspecified atom stereocenters. The maximum absolute atomic E-state index is 12.1. The van der Waals surface area contributed by atoms with Crippen LogP contribution in [0.2, 0.25) is 0 Å². The average molecular weight is 257 g/mol. The van der Waals surface area contributed by atoms with E-state index in [1.807, 2.05) is 36.1 Å². The normalized spacial score (nSPS) is 18.8. The largest absolute Gasteiger partial charge is 0.497 e. The second kappa shape index (κ2) is 5.31. The lowest BCUT2D eigenvalue weighted by Crippen LogP contribution is -2.24. The van der Waals surface area contributed by atoms with Gasteiger partial charge < -0.3 is 9.64 Å². The summed E-state index contributed by atoms with van der Waals surface area (Å²) in [7, 11) is 1.64. The van der Waals surface area contributed by atoms with Gasteiger partial charge in [-0.15, -0.1) is 0 Å². The van der Waals surface area contributed by atoms with Crippen molar-refractivity contribution in [2.75, 3.05) is 13.7 Å². The number of methoxy groups -OCH3 is 1. The summed E-state index contributed by atoms with van der Waals surface area (Å²) in [6.45, 7) is 11.0. The van der Waals surface area contributed by atoms with Crippen LogP contribution in [0.5, 0.6) is 5.75 Å². The van der Waals surface area contributed by atoms with E-state index in [0.29, 0.717) is 18.7 Å². The Bertz CT molecular complexity index is 516. The first-order chi connectivity index (χ1) is 9.02. The van der Waals surface area contributed by atoms with Gasteiger partial charge in [0.1, 0.15) is 5.75 Å². The molecule has 3 heteroatoms. The summed E-state index contributed by atoms with van der Waals surface area (Å²) in [6, 6.07) is 7.76. The van der Waals surface area contributed by atoms with Crippen molar-refractivity contribution in [1.29, 1.82) is 0 Å². The van der Waals surface area contributed by atoms with Crippen LogP contribution >= 0.6 is 0 Å². The summed E-state index contributed by atoms with van der Waals surface area (Å²) in [5.74, 6) is 0.940. The van der Waals surface area contributed by atoms with Crippen molar-refractivity contribution in [1.82, 2.24) is 4.90 Å². The van der Waals surface area contributed by atoms with E-state index in [2.05, 4.69) is 13.2 Å². The molecule has 0 N–H and O–H groups in total. The van der Waals surface area contributed by atoms with E-state index in [1.165, 1.54) is 0 Å². The average Bonchev–Trinajstić information content (AvgIpc) is 2.68. The quantitative estimate of drug-likeness (QED) is 0.613. The molecule has 1 saturated heterocycles. The second-order valence-corrected chi connectivity index (χ2v) is 4.96. The number of nitrogens with zero attached hydrogens (tertiary/aromatic N) is 1. The van der Waals surface area contributed by atoms with E-state index >= 15 is 0 Å². The smallest absolute Gasteiger partial charge is 0.250 e. The number of carbonyl (C=O) groups excluding carboxylic acids is 1. The SMILES string of the molecule is C=C(C)C1CN(Cc2ccc(OC)cc2)C(=O)C1=C. The van der Waals surface area contributed by atoms with Crippen LogP contribution in [0.4, 0.5) is 0 Å². The number of benzene rings is 1. The zero-order valence-electron chi connectivity index (χ0n) is 11.5. The molecule has 3 nitrogen and oxygen atoms in total. The number of rotatable bonds is 4. The van der Waals surface area contributed by atoms with E-state index in [1.54, 1.807) is 7.11 Å². The highest BCUT2D eigenvalue weighted by molar-refractivity contribution is 5.96. The van der Waals surface area contributed by atoms with Gasteiger partial charge in [0.25, 0.3) is 0 Å². The standard InChI is InChI=1S/C16H19NO2/c1-11(2)15-10-17(16(18)12(15)3)9-13-5-7-14(19-4)8-6-13/h5-8,15H,1,3,9-10H2,2,4H3. The van der Waals surface area contributed by atoms with Gasteiger partial charge in [-0.05, 0) is 24.6 Å². The zero-order chi connectivity index (χ0) is 14.0. The molecule has 1 aromatic carbocycles. The summed E-state index contributed by atoms with van der Waals surface area (Å²) in [5, 5.41) is 0. The Labute approximate surface area is 114 Å². The Morgan fingerprint density at radius 2 is 2.05 bits per heavy atom. The Hall–Kier alpha value is -2.03. The van der Waals surface area contributed by atoms with Gasteiger partial charge in [-0.3, -0.25) is 4.79 Å². The molecule has 1 aromatic rings. The molecule has 0 aromatic heterocycles. The number of carbonyl (C=O) groups is 1. The van der Waals surface area contributed by atoms with Crippen LogP contribution in [0.1, 0.15) is 12.5 Å². The molecule has 1 aliphatic heterocycles. The molecule has 0 radical (unpaired) electrons. The molecule has 0 bridgehead atoms. The van der Waals surface area contributed by atoms with Crippen LogP contribution < -0.4 is 4.74 Å². The van der Waals surface area contributed by atoms with Gasteiger partial charge in [-0.2, -0.15) is 0 Å². The summed E-state index contributed by atoms with van der Waals surface area (Å²) in [5.41, 5.74) is 2.74. The van der Waals surface area contributed by atoms with Gasteiger partial charge in [-0.1, -0.05) is 30.9 Å². The summed E-state index contributed by atoms with van der Waals surface area (Å²) < 4.78 is 5.12. The van der Waals surface area contributed by atoms with E-state index in [9.17, 15) is 4.79 Å². The van der Waals surface area contributed by atoms with Crippen molar-refractivity contribution in [3.63, 3.8) is 0 Å². The fourth-order valence-electron chi connectivity index (χ4n) is 2.31. The minimum absolute atomic E-state index is 0.0313. The molecule has 1 heterocycles. The van der Waals surface area contributed by atoms with Gasteiger partial charge in [0.15, 0.2) is 0 Å². The molecule has 19 heavy (non-hydrogen) atoms. The van der Waals surface area contributed by atoms with E-state index in [-0.39, 0.29) is 11.8 Å². The topological polar surface area (TPSA) is 29.5 Å². The van der Waals surface area contributed by atoms with Crippen LogP contribution in [0.3, 0.4) is 0 Å². The number of likely N-dealkylation sites (tertiary alicyclic amines) is 1. The van der Waals surface area contributed by atoms with Crippen molar-refractivity contribution in [3.8, 4) is 5.75 Å². The molecule has 0 spiro atoms. The molecule has 1 atom stereocenters. The van der Waals surface area contributed by atoms with Crippen LogP contribution in [-0.2, 0) is 11.3 Å². The first-order valence-electron chi connectivity index (χ1n) is 6.29. The van der Waals surface area contributed by atoms with Crippen molar-refractivity contribution in [2.24, 2.45) is 5.92 Å².